The highest BCUT2D eigenvalue weighted by Crippen LogP contribution is 2.18. The second-order valence-corrected chi connectivity index (χ2v) is 5.18. The van der Waals surface area contributed by atoms with E-state index in [9.17, 15) is 4.79 Å². The topological polar surface area (TPSA) is 45.5 Å². The molecular weight excluding hydrogens is 240 g/mol. The number of aliphatic hydroxyl groups excluding tert-OH is 1. The zero-order valence-corrected chi connectivity index (χ0v) is 10.8. The fraction of sp³-hybridized carbons (Fsp3) is 0.400. The van der Waals surface area contributed by atoms with E-state index < -0.39 is 0 Å². The predicted octanol–water partition coefficient (Wildman–Crippen LogP) is 1.48. The van der Waals surface area contributed by atoms with Gasteiger partial charge in [0.15, 0.2) is 0 Å². The molecule has 1 aliphatic heterocycles. The van der Waals surface area contributed by atoms with Crippen molar-refractivity contribution in [3.05, 3.63) is 36.5 Å². The summed E-state index contributed by atoms with van der Waals surface area (Å²) in [5.41, 5.74) is 1.09. The number of likely N-dealkylation sites (tertiary alicyclic amines) is 1. The second-order valence-electron chi connectivity index (χ2n) is 5.18. The molecule has 1 N–H and O–H groups in total. The van der Waals surface area contributed by atoms with Crippen molar-refractivity contribution in [1.29, 1.82) is 0 Å². The number of hydrogen-bond donors (Lipinski definition) is 1. The van der Waals surface area contributed by atoms with E-state index in [2.05, 4.69) is 0 Å². The highest BCUT2D eigenvalue weighted by Gasteiger charge is 2.25. The van der Waals surface area contributed by atoms with E-state index in [1.807, 2.05) is 46.0 Å². The molecule has 1 amide bonds. The van der Waals surface area contributed by atoms with Gasteiger partial charge in [-0.05, 0) is 23.9 Å². The molecule has 1 unspecified atom stereocenters. The number of amides is 1. The van der Waals surface area contributed by atoms with E-state index in [4.69, 9.17) is 5.11 Å². The smallest absolute Gasteiger partial charge is 0.242 e. The van der Waals surface area contributed by atoms with Gasteiger partial charge in [0.25, 0.3) is 0 Å². The van der Waals surface area contributed by atoms with Crippen molar-refractivity contribution < 1.29 is 9.90 Å². The van der Waals surface area contributed by atoms with Gasteiger partial charge in [0, 0.05) is 37.3 Å². The van der Waals surface area contributed by atoms with Gasteiger partial charge in [0.2, 0.25) is 5.91 Å². The standard InChI is InChI=1S/C15H18N2O2/c18-11-12-5-7-17(9-12)15(19)10-16-8-6-13-3-1-2-4-14(13)16/h1-4,6,8,12,18H,5,7,9-11H2. The van der Waals surface area contributed by atoms with Gasteiger partial charge in [-0.2, -0.15) is 0 Å². The number of aromatic nitrogens is 1. The Balaban J connectivity index is 1.73. The molecule has 1 fully saturated rings. The van der Waals surface area contributed by atoms with E-state index in [-0.39, 0.29) is 18.4 Å². The number of hydrogen-bond acceptors (Lipinski definition) is 2. The predicted molar refractivity (Wildman–Crippen MR) is 73.7 cm³/mol. The van der Waals surface area contributed by atoms with Crippen LogP contribution in [-0.2, 0) is 11.3 Å². The number of para-hydroxylation sites is 1. The van der Waals surface area contributed by atoms with Gasteiger partial charge in [-0.1, -0.05) is 18.2 Å². The number of benzene rings is 1. The largest absolute Gasteiger partial charge is 0.396 e. The van der Waals surface area contributed by atoms with Crippen LogP contribution in [0.5, 0.6) is 0 Å². The molecule has 0 spiro atoms. The molecule has 1 aromatic heterocycles. The van der Waals surface area contributed by atoms with Crippen molar-refractivity contribution in [2.75, 3.05) is 19.7 Å². The molecule has 0 saturated carbocycles. The summed E-state index contributed by atoms with van der Waals surface area (Å²) in [6, 6.07) is 10.1. The Morgan fingerprint density at radius 2 is 2.16 bits per heavy atom. The minimum Gasteiger partial charge on any atom is -0.396 e. The molecular formula is C15H18N2O2. The molecule has 0 radical (unpaired) electrons. The van der Waals surface area contributed by atoms with Crippen LogP contribution < -0.4 is 0 Å². The number of carbonyl (C=O) groups is 1. The zero-order chi connectivity index (χ0) is 13.2. The van der Waals surface area contributed by atoms with E-state index in [0.29, 0.717) is 13.1 Å². The first kappa shape index (κ1) is 12.2. The van der Waals surface area contributed by atoms with Gasteiger partial charge in [-0.25, -0.2) is 0 Å². The van der Waals surface area contributed by atoms with Gasteiger partial charge in [0.1, 0.15) is 6.54 Å². The van der Waals surface area contributed by atoms with Crippen LogP contribution >= 0.6 is 0 Å². The first-order valence-electron chi connectivity index (χ1n) is 6.70. The van der Waals surface area contributed by atoms with Gasteiger partial charge in [0.05, 0.1) is 0 Å². The highest BCUT2D eigenvalue weighted by atomic mass is 16.3. The summed E-state index contributed by atoms with van der Waals surface area (Å²) in [4.78, 5) is 14.1. The third-order valence-electron chi connectivity index (χ3n) is 3.88. The van der Waals surface area contributed by atoms with E-state index >= 15 is 0 Å². The van der Waals surface area contributed by atoms with Crippen molar-refractivity contribution in [1.82, 2.24) is 9.47 Å². The lowest BCUT2D eigenvalue weighted by molar-refractivity contribution is -0.130. The number of fused-ring (bicyclic) bond motifs is 1. The van der Waals surface area contributed by atoms with E-state index in [0.717, 1.165) is 23.9 Å². The molecule has 0 bridgehead atoms. The molecule has 3 rings (SSSR count). The maximum atomic E-state index is 12.2. The second kappa shape index (κ2) is 5.05. The molecule has 2 aromatic rings. The van der Waals surface area contributed by atoms with Gasteiger partial charge in [-0.3, -0.25) is 4.79 Å². The lowest BCUT2D eigenvalue weighted by atomic mass is 10.1. The van der Waals surface area contributed by atoms with Crippen molar-refractivity contribution in [3.63, 3.8) is 0 Å². The molecule has 2 heterocycles. The average Bonchev–Trinajstić information content (AvgIpc) is 3.06. The van der Waals surface area contributed by atoms with Gasteiger partial charge >= 0.3 is 0 Å². The third-order valence-corrected chi connectivity index (χ3v) is 3.88. The number of rotatable bonds is 3. The Hall–Kier alpha value is -1.81. The lowest BCUT2D eigenvalue weighted by Gasteiger charge is -2.17. The minimum atomic E-state index is 0.136. The molecule has 1 aromatic carbocycles. The van der Waals surface area contributed by atoms with Crippen molar-refractivity contribution in [2.24, 2.45) is 5.92 Å². The fourth-order valence-electron chi connectivity index (χ4n) is 2.73. The zero-order valence-electron chi connectivity index (χ0n) is 10.8. The Morgan fingerprint density at radius 3 is 2.95 bits per heavy atom. The maximum absolute atomic E-state index is 12.2. The Morgan fingerprint density at radius 1 is 1.32 bits per heavy atom. The molecule has 4 heteroatoms. The van der Waals surface area contributed by atoms with Crippen LogP contribution in [0.4, 0.5) is 0 Å². The summed E-state index contributed by atoms with van der Waals surface area (Å²) < 4.78 is 1.99. The summed E-state index contributed by atoms with van der Waals surface area (Å²) in [5, 5.41) is 10.3. The lowest BCUT2D eigenvalue weighted by Crippen LogP contribution is -2.32. The van der Waals surface area contributed by atoms with Crippen LogP contribution in [0, 0.1) is 5.92 Å². The van der Waals surface area contributed by atoms with Gasteiger partial charge in [-0.15, -0.1) is 0 Å². The van der Waals surface area contributed by atoms with Crippen LogP contribution in [0.25, 0.3) is 10.9 Å². The SMILES string of the molecule is O=C(Cn1ccc2ccccc21)N1CCC(CO)C1. The van der Waals surface area contributed by atoms with Crippen molar-refractivity contribution >= 4 is 16.8 Å². The normalized spacial score (nSPS) is 19.2. The quantitative estimate of drug-likeness (QED) is 0.906. The van der Waals surface area contributed by atoms with Crippen LogP contribution in [0.1, 0.15) is 6.42 Å². The van der Waals surface area contributed by atoms with Gasteiger partial charge < -0.3 is 14.6 Å². The monoisotopic (exact) mass is 258 g/mol. The summed E-state index contributed by atoms with van der Waals surface area (Å²) in [7, 11) is 0. The van der Waals surface area contributed by atoms with Crippen LogP contribution in [0.3, 0.4) is 0 Å². The molecule has 100 valence electrons. The van der Waals surface area contributed by atoms with Crippen LogP contribution in [0.2, 0.25) is 0 Å². The first-order chi connectivity index (χ1) is 9.28. The van der Waals surface area contributed by atoms with Crippen LogP contribution in [-0.4, -0.2) is 40.2 Å². The van der Waals surface area contributed by atoms with Crippen molar-refractivity contribution in [2.45, 2.75) is 13.0 Å². The van der Waals surface area contributed by atoms with E-state index in [1.54, 1.807) is 0 Å². The summed E-state index contributed by atoms with van der Waals surface area (Å²) in [5.74, 6) is 0.391. The molecule has 1 atom stereocenters. The maximum Gasteiger partial charge on any atom is 0.242 e. The summed E-state index contributed by atoms with van der Waals surface area (Å²) in [6.45, 7) is 2.01. The third kappa shape index (κ3) is 2.36. The molecule has 1 saturated heterocycles. The molecule has 1 aliphatic rings. The highest BCUT2D eigenvalue weighted by molar-refractivity contribution is 5.83. The first-order valence-corrected chi connectivity index (χ1v) is 6.70. The molecule has 0 aliphatic carbocycles. The minimum absolute atomic E-state index is 0.136. The fourth-order valence-corrected chi connectivity index (χ4v) is 2.73. The van der Waals surface area contributed by atoms with Crippen LogP contribution in [0.15, 0.2) is 36.5 Å². The Bertz CT molecular complexity index is 591. The van der Waals surface area contributed by atoms with E-state index in [1.165, 1.54) is 0 Å². The summed E-state index contributed by atoms with van der Waals surface area (Å²) >= 11 is 0. The molecule has 4 nitrogen and oxygen atoms in total. The number of carbonyl (C=O) groups excluding carboxylic acids is 1. The molecule has 19 heavy (non-hydrogen) atoms. The Labute approximate surface area is 112 Å². The number of nitrogens with zero attached hydrogens (tertiary/aromatic N) is 2. The average molecular weight is 258 g/mol. The summed E-state index contributed by atoms with van der Waals surface area (Å²) in [6.07, 6.45) is 2.87. The Kier molecular flexibility index (Phi) is 3.25. The van der Waals surface area contributed by atoms with Crippen molar-refractivity contribution in [3.8, 4) is 0 Å². The number of aliphatic hydroxyl groups is 1.